The maximum Gasteiger partial charge on any atom is 0.291 e. The Hall–Kier alpha value is -2.93. The summed E-state index contributed by atoms with van der Waals surface area (Å²) in [6.45, 7) is 0.237. The largest absolute Gasteiger partial charge is 0.459 e. The molecule has 0 fully saturated rings. The van der Waals surface area contributed by atoms with Crippen LogP contribution < -0.4 is 10.6 Å². The number of rotatable bonds is 5. The van der Waals surface area contributed by atoms with Gasteiger partial charge >= 0.3 is 0 Å². The van der Waals surface area contributed by atoms with Crippen LogP contribution in [0, 0.1) is 5.82 Å². The second kappa shape index (κ2) is 7.97. The van der Waals surface area contributed by atoms with Crippen LogP contribution in [0.4, 0.5) is 10.1 Å². The summed E-state index contributed by atoms with van der Waals surface area (Å²) >= 11 is 3.15. The van der Waals surface area contributed by atoms with Crippen LogP contribution in [0.15, 0.2) is 69.8 Å². The number of nitrogens with one attached hydrogen (secondary N) is 2. The van der Waals surface area contributed by atoms with Gasteiger partial charge in [0.15, 0.2) is 5.76 Å². The summed E-state index contributed by atoms with van der Waals surface area (Å²) in [5.74, 6) is -1.21. The summed E-state index contributed by atoms with van der Waals surface area (Å²) in [6, 6.07) is 14.4. The third-order valence-electron chi connectivity index (χ3n) is 3.59. The lowest BCUT2D eigenvalue weighted by Crippen LogP contribution is -2.23. The van der Waals surface area contributed by atoms with Crippen molar-refractivity contribution in [2.24, 2.45) is 0 Å². The molecular formula is C19H14BrFN2O3. The van der Waals surface area contributed by atoms with Crippen LogP contribution in [0.3, 0.4) is 0 Å². The van der Waals surface area contributed by atoms with Crippen molar-refractivity contribution in [2.45, 2.75) is 6.54 Å². The van der Waals surface area contributed by atoms with E-state index in [2.05, 4.69) is 26.6 Å². The number of carbonyl (C=O) groups excluding carboxylic acids is 2. The summed E-state index contributed by atoms with van der Waals surface area (Å²) in [5.41, 5.74) is 1.39. The van der Waals surface area contributed by atoms with E-state index in [1.165, 1.54) is 18.4 Å². The summed E-state index contributed by atoms with van der Waals surface area (Å²) in [6.07, 6.45) is 1.43. The van der Waals surface area contributed by atoms with Crippen LogP contribution in [-0.4, -0.2) is 11.8 Å². The molecule has 2 amide bonds. The molecule has 3 rings (SSSR count). The van der Waals surface area contributed by atoms with Crippen molar-refractivity contribution in [2.75, 3.05) is 5.32 Å². The molecule has 1 heterocycles. The van der Waals surface area contributed by atoms with Crippen LogP contribution in [0.1, 0.15) is 26.5 Å². The highest BCUT2D eigenvalue weighted by Crippen LogP contribution is 2.16. The van der Waals surface area contributed by atoms with E-state index in [4.69, 9.17) is 4.42 Å². The van der Waals surface area contributed by atoms with Crippen LogP contribution in [0.5, 0.6) is 0 Å². The molecule has 0 atom stereocenters. The number of halogens is 2. The lowest BCUT2D eigenvalue weighted by Gasteiger charge is -2.08. The third-order valence-corrected chi connectivity index (χ3v) is 4.08. The van der Waals surface area contributed by atoms with Crippen molar-refractivity contribution in [3.05, 3.63) is 88.0 Å². The highest BCUT2D eigenvalue weighted by molar-refractivity contribution is 9.10. The van der Waals surface area contributed by atoms with E-state index in [1.807, 2.05) is 0 Å². The molecule has 0 radical (unpaired) electrons. The lowest BCUT2D eigenvalue weighted by atomic mass is 10.1. The molecule has 5 nitrogen and oxygen atoms in total. The zero-order valence-electron chi connectivity index (χ0n) is 13.5. The number of carbonyl (C=O) groups is 2. The summed E-state index contributed by atoms with van der Waals surface area (Å²) in [5, 5.41) is 5.36. The standard InChI is InChI=1S/C19H14BrFN2O3/c20-13-5-8-15(16(21)10-13)18(24)22-11-12-3-6-14(7-4-12)23-19(25)17-2-1-9-26-17/h1-10H,11H2,(H,22,24)(H,23,25). The molecule has 0 aliphatic carbocycles. The predicted octanol–water partition coefficient (Wildman–Crippen LogP) is 4.36. The summed E-state index contributed by atoms with van der Waals surface area (Å²) in [4.78, 5) is 23.9. The Morgan fingerprint density at radius 3 is 2.46 bits per heavy atom. The van der Waals surface area contributed by atoms with E-state index in [0.29, 0.717) is 10.2 Å². The smallest absolute Gasteiger partial charge is 0.291 e. The van der Waals surface area contributed by atoms with Gasteiger partial charge in [-0.3, -0.25) is 9.59 Å². The van der Waals surface area contributed by atoms with Gasteiger partial charge in [0.25, 0.3) is 11.8 Å². The minimum Gasteiger partial charge on any atom is -0.459 e. The van der Waals surface area contributed by atoms with Gasteiger partial charge in [0.2, 0.25) is 0 Å². The molecule has 2 N–H and O–H groups in total. The topological polar surface area (TPSA) is 71.3 Å². The van der Waals surface area contributed by atoms with Gasteiger partial charge < -0.3 is 15.1 Å². The van der Waals surface area contributed by atoms with Crippen LogP contribution in [-0.2, 0) is 6.54 Å². The Morgan fingerprint density at radius 1 is 1.04 bits per heavy atom. The van der Waals surface area contributed by atoms with Crippen molar-refractivity contribution in [3.63, 3.8) is 0 Å². The van der Waals surface area contributed by atoms with E-state index in [0.717, 1.165) is 5.56 Å². The molecule has 0 saturated heterocycles. The molecule has 7 heteroatoms. The first kappa shape index (κ1) is 17.9. The minimum atomic E-state index is -0.590. The van der Waals surface area contributed by atoms with E-state index >= 15 is 0 Å². The van der Waals surface area contributed by atoms with E-state index in [-0.39, 0.29) is 23.8 Å². The van der Waals surface area contributed by atoms with Gasteiger partial charge in [-0.25, -0.2) is 4.39 Å². The van der Waals surface area contributed by atoms with Crippen molar-refractivity contribution in [3.8, 4) is 0 Å². The van der Waals surface area contributed by atoms with Gasteiger partial charge in [0.1, 0.15) is 5.82 Å². The minimum absolute atomic E-state index is 0.0180. The Labute approximate surface area is 157 Å². The number of anilines is 1. The fourth-order valence-electron chi connectivity index (χ4n) is 2.26. The van der Waals surface area contributed by atoms with Crippen molar-refractivity contribution >= 4 is 33.4 Å². The van der Waals surface area contributed by atoms with E-state index < -0.39 is 11.7 Å². The number of amides is 2. The van der Waals surface area contributed by atoms with Gasteiger partial charge in [-0.05, 0) is 48.0 Å². The SMILES string of the molecule is O=C(Nc1ccc(CNC(=O)c2ccc(Br)cc2F)cc1)c1ccco1. The molecule has 0 aliphatic heterocycles. The van der Waals surface area contributed by atoms with Crippen LogP contribution in [0.2, 0.25) is 0 Å². The van der Waals surface area contributed by atoms with Crippen LogP contribution in [0.25, 0.3) is 0 Å². The van der Waals surface area contributed by atoms with E-state index in [1.54, 1.807) is 42.5 Å². The number of furan rings is 1. The molecule has 0 aliphatic rings. The molecule has 26 heavy (non-hydrogen) atoms. The Kier molecular flexibility index (Phi) is 5.48. The van der Waals surface area contributed by atoms with E-state index in [9.17, 15) is 14.0 Å². The zero-order chi connectivity index (χ0) is 18.5. The number of hydrogen-bond acceptors (Lipinski definition) is 3. The van der Waals surface area contributed by atoms with Crippen molar-refractivity contribution in [1.82, 2.24) is 5.32 Å². The number of benzene rings is 2. The van der Waals surface area contributed by atoms with Crippen LogP contribution >= 0.6 is 15.9 Å². The number of hydrogen-bond donors (Lipinski definition) is 2. The molecule has 3 aromatic rings. The molecule has 0 saturated carbocycles. The zero-order valence-corrected chi connectivity index (χ0v) is 15.0. The lowest BCUT2D eigenvalue weighted by molar-refractivity contribution is 0.0945. The first-order valence-electron chi connectivity index (χ1n) is 7.70. The average molecular weight is 417 g/mol. The molecule has 0 spiro atoms. The first-order valence-corrected chi connectivity index (χ1v) is 8.49. The third kappa shape index (κ3) is 4.37. The van der Waals surface area contributed by atoms with Crippen molar-refractivity contribution < 1.29 is 18.4 Å². The second-order valence-corrected chi connectivity index (χ2v) is 6.35. The van der Waals surface area contributed by atoms with Gasteiger partial charge in [-0.2, -0.15) is 0 Å². The Bertz CT molecular complexity index is 924. The maximum atomic E-state index is 13.8. The van der Waals surface area contributed by atoms with Gasteiger partial charge in [-0.15, -0.1) is 0 Å². The highest BCUT2D eigenvalue weighted by atomic mass is 79.9. The van der Waals surface area contributed by atoms with Crippen molar-refractivity contribution in [1.29, 1.82) is 0 Å². The molecular weight excluding hydrogens is 403 g/mol. The quantitative estimate of drug-likeness (QED) is 0.648. The summed E-state index contributed by atoms with van der Waals surface area (Å²) in [7, 11) is 0. The second-order valence-electron chi connectivity index (χ2n) is 5.44. The monoisotopic (exact) mass is 416 g/mol. The Morgan fingerprint density at radius 2 is 1.81 bits per heavy atom. The normalized spacial score (nSPS) is 10.4. The van der Waals surface area contributed by atoms with Gasteiger partial charge in [0, 0.05) is 16.7 Å². The summed E-state index contributed by atoms with van der Waals surface area (Å²) < 4.78 is 19.4. The fraction of sp³-hybridized carbons (Fsp3) is 0.0526. The molecule has 0 bridgehead atoms. The highest BCUT2D eigenvalue weighted by Gasteiger charge is 2.12. The molecule has 2 aromatic carbocycles. The Balaban J connectivity index is 1.57. The van der Waals surface area contributed by atoms with Gasteiger partial charge in [0.05, 0.1) is 11.8 Å². The molecule has 0 unspecified atom stereocenters. The predicted molar refractivity (Wildman–Crippen MR) is 98.4 cm³/mol. The molecule has 1 aromatic heterocycles. The average Bonchev–Trinajstić information content (AvgIpc) is 3.16. The maximum absolute atomic E-state index is 13.8. The molecule has 132 valence electrons. The fourth-order valence-corrected chi connectivity index (χ4v) is 2.59. The first-order chi connectivity index (χ1) is 12.5. The van der Waals surface area contributed by atoms with Gasteiger partial charge in [-0.1, -0.05) is 28.1 Å².